The van der Waals surface area contributed by atoms with Gasteiger partial charge in [-0.1, -0.05) is 12.1 Å². The Hall–Kier alpha value is -1.81. The fourth-order valence-corrected chi connectivity index (χ4v) is 2.80. The maximum Gasteiger partial charge on any atom is 0.258 e. The van der Waals surface area contributed by atoms with E-state index >= 15 is 0 Å². The Morgan fingerprint density at radius 1 is 1.32 bits per heavy atom. The zero-order valence-corrected chi connectivity index (χ0v) is 11.3. The summed E-state index contributed by atoms with van der Waals surface area (Å²) in [6.07, 6.45) is 2.12. The number of para-hydroxylation sites is 1. The first-order valence-electron chi connectivity index (χ1n) is 6.36. The molecule has 3 rings (SSSR count). The number of carbonyl (C=O) groups is 1. The van der Waals surface area contributed by atoms with Crippen molar-refractivity contribution in [1.29, 1.82) is 0 Å². The first-order chi connectivity index (χ1) is 9.25. The van der Waals surface area contributed by atoms with Crippen LogP contribution in [0.3, 0.4) is 0 Å². The number of hydrogen-bond acceptors (Lipinski definition) is 3. The fraction of sp³-hybridized carbons (Fsp3) is 0.267. The van der Waals surface area contributed by atoms with Crippen LogP contribution in [0.15, 0.2) is 41.1 Å². The molecule has 0 saturated heterocycles. The Morgan fingerprint density at radius 3 is 2.74 bits per heavy atom. The minimum absolute atomic E-state index is 0.0588. The molecule has 2 aromatic rings. The minimum atomic E-state index is -0.0770. The average Bonchev–Trinajstić information content (AvgIpc) is 3.13. The number of rotatable bonds is 4. The lowest BCUT2D eigenvalue weighted by atomic mass is 10.1. The fourth-order valence-electron chi connectivity index (χ4n) is 2.14. The van der Waals surface area contributed by atoms with Gasteiger partial charge in [0.05, 0.1) is 5.56 Å². The molecule has 1 aromatic heterocycles. The molecule has 0 unspecified atom stereocenters. The smallest absolute Gasteiger partial charge is 0.258 e. The van der Waals surface area contributed by atoms with Gasteiger partial charge in [0.1, 0.15) is 5.75 Å². The summed E-state index contributed by atoms with van der Waals surface area (Å²) < 4.78 is 0. The Kier molecular flexibility index (Phi) is 3.25. The number of benzene rings is 1. The van der Waals surface area contributed by atoms with E-state index in [4.69, 9.17) is 0 Å². The van der Waals surface area contributed by atoms with E-state index in [1.165, 1.54) is 0 Å². The molecule has 98 valence electrons. The Morgan fingerprint density at radius 2 is 2.11 bits per heavy atom. The Labute approximate surface area is 116 Å². The maximum absolute atomic E-state index is 12.5. The SMILES string of the molecule is O=C(c1ccccc1O)N(Cc1ccsc1)C1CC1. The van der Waals surface area contributed by atoms with Gasteiger partial charge in [0.15, 0.2) is 0 Å². The molecule has 4 heteroatoms. The van der Waals surface area contributed by atoms with Crippen LogP contribution in [-0.4, -0.2) is 22.0 Å². The lowest BCUT2D eigenvalue weighted by Gasteiger charge is -2.22. The molecular weight excluding hydrogens is 258 g/mol. The predicted octanol–water partition coefficient (Wildman–Crippen LogP) is 3.26. The second-order valence-electron chi connectivity index (χ2n) is 4.81. The number of nitrogens with zero attached hydrogens (tertiary/aromatic N) is 1. The normalized spacial score (nSPS) is 14.3. The number of hydrogen-bond donors (Lipinski definition) is 1. The quantitative estimate of drug-likeness (QED) is 0.929. The third-order valence-corrected chi connectivity index (χ3v) is 4.05. The van der Waals surface area contributed by atoms with Gasteiger partial charge in [-0.3, -0.25) is 4.79 Å². The van der Waals surface area contributed by atoms with Crippen LogP contribution >= 0.6 is 11.3 Å². The number of phenols is 1. The van der Waals surface area contributed by atoms with E-state index in [1.54, 1.807) is 35.6 Å². The summed E-state index contributed by atoms with van der Waals surface area (Å²) in [7, 11) is 0. The molecule has 0 radical (unpaired) electrons. The molecule has 0 bridgehead atoms. The standard InChI is InChI=1S/C15H15NO2S/c17-14-4-2-1-3-13(14)15(18)16(12-5-6-12)9-11-7-8-19-10-11/h1-4,7-8,10,12,17H,5-6,9H2. The number of aromatic hydroxyl groups is 1. The van der Waals surface area contributed by atoms with Crippen LogP contribution < -0.4 is 0 Å². The molecule has 1 amide bonds. The summed E-state index contributed by atoms with van der Waals surface area (Å²) in [5.74, 6) is -0.0183. The third kappa shape index (κ3) is 2.63. The van der Waals surface area contributed by atoms with Gasteiger partial charge in [0.25, 0.3) is 5.91 Å². The van der Waals surface area contributed by atoms with Crippen LogP contribution in [0, 0.1) is 0 Å². The van der Waals surface area contributed by atoms with Gasteiger partial charge in [0.2, 0.25) is 0 Å². The second-order valence-corrected chi connectivity index (χ2v) is 5.59. The van der Waals surface area contributed by atoms with Crippen molar-refractivity contribution in [3.8, 4) is 5.75 Å². The summed E-state index contributed by atoms with van der Waals surface area (Å²) in [5.41, 5.74) is 1.55. The zero-order chi connectivity index (χ0) is 13.2. The van der Waals surface area contributed by atoms with Gasteiger partial charge < -0.3 is 10.0 Å². The molecule has 1 fully saturated rings. The lowest BCUT2D eigenvalue weighted by Crippen LogP contribution is -2.32. The highest BCUT2D eigenvalue weighted by molar-refractivity contribution is 7.07. The van der Waals surface area contributed by atoms with E-state index in [9.17, 15) is 9.90 Å². The van der Waals surface area contributed by atoms with Crippen LogP contribution in [-0.2, 0) is 6.54 Å². The molecule has 1 N–H and O–H groups in total. The van der Waals surface area contributed by atoms with Crippen molar-refractivity contribution in [2.45, 2.75) is 25.4 Å². The van der Waals surface area contributed by atoms with Crippen molar-refractivity contribution >= 4 is 17.2 Å². The van der Waals surface area contributed by atoms with Crippen molar-refractivity contribution in [3.63, 3.8) is 0 Å². The van der Waals surface area contributed by atoms with E-state index in [2.05, 4.69) is 5.38 Å². The number of thiophene rings is 1. The largest absolute Gasteiger partial charge is 0.507 e. The summed E-state index contributed by atoms with van der Waals surface area (Å²) in [6.45, 7) is 0.626. The summed E-state index contributed by atoms with van der Waals surface area (Å²) in [5, 5.41) is 13.9. The Bertz CT molecular complexity index is 576. The lowest BCUT2D eigenvalue weighted by molar-refractivity contribution is 0.0727. The van der Waals surface area contributed by atoms with E-state index in [1.807, 2.05) is 16.3 Å². The second kappa shape index (κ2) is 5.05. The van der Waals surface area contributed by atoms with Gasteiger partial charge in [0, 0.05) is 12.6 Å². The third-order valence-electron chi connectivity index (χ3n) is 3.32. The predicted molar refractivity (Wildman–Crippen MR) is 75.3 cm³/mol. The molecule has 1 heterocycles. The number of phenolic OH excluding ortho intramolecular Hbond substituents is 1. The summed E-state index contributed by atoms with van der Waals surface area (Å²) >= 11 is 1.64. The van der Waals surface area contributed by atoms with Crippen molar-refractivity contribution in [3.05, 3.63) is 52.2 Å². The maximum atomic E-state index is 12.5. The highest BCUT2D eigenvalue weighted by Crippen LogP contribution is 2.31. The molecule has 1 saturated carbocycles. The van der Waals surface area contributed by atoms with Crippen molar-refractivity contribution in [1.82, 2.24) is 4.90 Å². The van der Waals surface area contributed by atoms with Crippen LogP contribution in [0.25, 0.3) is 0 Å². The molecule has 0 spiro atoms. The van der Waals surface area contributed by atoms with E-state index < -0.39 is 0 Å². The van der Waals surface area contributed by atoms with Crippen LogP contribution in [0.2, 0.25) is 0 Å². The highest BCUT2D eigenvalue weighted by Gasteiger charge is 2.33. The summed E-state index contributed by atoms with van der Waals surface area (Å²) in [6, 6.07) is 9.11. The molecule has 1 aromatic carbocycles. The molecule has 0 atom stereocenters. The first-order valence-corrected chi connectivity index (χ1v) is 7.30. The van der Waals surface area contributed by atoms with Gasteiger partial charge in [-0.2, -0.15) is 11.3 Å². The molecule has 1 aliphatic carbocycles. The minimum Gasteiger partial charge on any atom is -0.507 e. The van der Waals surface area contributed by atoms with Crippen molar-refractivity contribution < 1.29 is 9.90 Å². The molecule has 0 aliphatic heterocycles. The van der Waals surface area contributed by atoms with Gasteiger partial charge in [-0.05, 0) is 47.4 Å². The van der Waals surface area contributed by atoms with Gasteiger partial charge in [-0.15, -0.1) is 0 Å². The zero-order valence-electron chi connectivity index (χ0n) is 10.5. The molecule has 1 aliphatic rings. The molecule has 19 heavy (non-hydrogen) atoms. The number of amides is 1. The molecular formula is C15H15NO2S. The number of carbonyl (C=O) groups excluding carboxylic acids is 1. The topological polar surface area (TPSA) is 40.5 Å². The van der Waals surface area contributed by atoms with E-state index in [0.29, 0.717) is 18.2 Å². The average molecular weight is 273 g/mol. The highest BCUT2D eigenvalue weighted by atomic mass is 32.1. The van der Waals surface area contributed by atoms with Crippen molar-refractivity contribution in [2.24, 2.45) is 0 Å². The first kappa shape index (κ1) is 12.2. The van der Waals surface area contributed by atoms with E-state index in [0.717, 1.165) is 18.4 Å². The molecule has 3 nitrogen and oxygen atoms in total. The van der Waals surface area contributed by atoms with E-state index in [-0.39, 0.29) is 11.7 Å². The van der Waals surface area contributed by atoms with Gasteiger partial charge >= 0.3 is 0 Å². The van der Waals surface area contributed by atoms with Crippen molar-refractivity contribution in [2.75, 3.05) is 0 Å². The van der Waals surface area contributed by atoms with Crippen LogP contribution in [0.5, 0.6) is 5.75 Å². The van der Waals surface area contributed by atoms with Crippen LogP contribution in [0.1, 0.15) is 28.8 Å². The van der Waals surface area contributed by atoms with Gasteiger partial charge in [-0.25, -0.2) is 0 Å². The van der Waals surface area contributed by atoms with Crippen LogP contribution in [0.4, 0.5) is 0 Å². The Balaban J connectivity index is 1.84. The summed E-state index contributed by atoms with van der Waals surface area (Å²) in [4.78, 5) is 14.4. The monoisotopic (exact) mass is 273 g/mol.